The summed E-state index contributed by atoms with van der Waals surface area (Å²) < 4.78 is 36.2. The molecule has 4 nitrogen and oxygen atoms in total. The van der Waals surface area contributed by atoms with Crippen LogP contribution in [0.1, 0.15) is 5.56 Å². The largest absolute Gasteiger partial charge is 0.493 e. The van der Waals surface area contributed by atoms with E-state index in [1.807, 2.05) is 0 Å². The average molecular weight is 327 g/mol. The van der Waals surface area contributed by atoms with Gasteiger partial charge in [0.05, 0.1) is 6.54 Å². The third-order valence-corrected chi connectivity index (χ3v) is 2.64. The first-order chi connectivity index (χ1) is 9.20. The van der Waals surface area contributed by atoms with Crippen molar-refractivity contribution in [2.75, 3.05) is 6.54 Å². The highest BCUT2D eigenvalue weighted by Crippen LogP contribution is 2.17. The molecule has 0 aliphatic heterocycles. The van der Waals surface area contributed by atoms with Crippen molar-refractivity contribution in [2.24, 2.45) is 5.73 Å². The lowest BCUT2D eigenvalue weighted by Gasteiger charge is -2.21. The molecule has 0 aliphatic carbocycles. The van der Waals surface area contributed by atoms with Crippen LogP contribution in [0.2, 0.25) is 5.02 Å². The Morgan fingerprint density at radius 3 is 2.35 bits per heavy atom. The smallest absolute Gasteiger partial charge is 0.374 e. The lowest BCUT2D eigenvalue weighted by molar-refractivity contribution is -0.225. The van der Waals surface area contributed by atoms with Gasteiger partial charge in [0.2, 0.25) is 0 Å². The molecule has 110 valence electrons. The van der Waals surface area contributed by atoms with Gasteiger partial charge in [-0.15, -0.1) is 0 Å². The first kappa shape index (κ1) is 16.5. The summed E-state index contributed by atoms with van der Waals surface area (Å²) in [5, 5.41) is 0.597. The number of benzene rings is 1. The van der Waals surface area contributed by atoms with E-state index in [-0.39, 0.29) is 13.0 Å². The summed E-state index contributed by atoms with van der Waals surface area (Å²) in [7, 11) is 0. The fourth-order valence-electron chi connectivity index (χ4n) is 1.23. The zero-order valence-electron chi connectivity index (χ0n) is 9.98. The highest BCUT2D eigenvalue weighted by molar-refractivity contribution is 7.80. The van der Waals surface area contributed by atoms with Crippen molar-refractivity contribution in [3.63, 3.8) is 0 Å². The molecule has 1 aromatic rings. The number of hydrogen-bond donors (Lipinski definition) is 1. The summed E-state index contributed by atoms with van der Waals surface area (Å²) in [5.41, 5.74) is 5.98. The van der Waals surface area contributed by atoms with Crippen molar-refractivity contribution < 1.29 is 22.8 Å². The fraction of sp³-hybridized carbons (Fsp3) is 0.273. The number of halogens is 4. The highest BCUT2D eigenvalue weighted by Gasteiger charge is 2.42. The number of carbonyl (C=O) groups excluding carboxylic acids is 1. The van der Waals surface area contributed by atoms with E-state index in [4.69, 9.17) is 17.3 Å². The Labute approximate surface area is 123 Å². The van der Waals surface area contributed by atoms with E-state index in [0.29, 0.717) is 10.1 Å². The summed E-state index contributed by atoms with van der Waals surface area (Å²) in [4.78, 5) is 14.8. The molecule has 0 atom stereocenters. The Balaban J connectivity index is 2.62. The van der Waals surface area contributed by atoms with Gasteiger partial charge in [-0.05, 0) is 36.3 Å². The van der Waals surface area contributed by atoms with Crippen LogP contribution >= 0.6 is 23.8 Å². The molecule has 20 heavy (non-hydrogen) atoms. The van der Waals surface area contributed by atoms with Crippen LogP contribution in [0.3, 0.4) is 0 Å². The van der Waals surface area contributed by atoms with Gasteiger partial charge in [0.25, 0.3) is 0 Å². The second kappa shape index (κ2) is 6.76. The van der Waals surface area contributed by atoms with E-state index >= 15 is 0 Å². The van der Waals surface area contributed by atoms with Gasteiger partial charge in [-0.1, -0.05) is 23.7 Å². The maximum absolute atomic E-state index is 12.1. The van der Waals surface area contributed by atoms with Gasteiger partial charge < -0.3 is 10.6 Å². The van der Waals surface area contributed by atoms with Crippen molar-refractivity contribution in [1.29, 1.82) is 0 Å². The van der Waals surface area contributed by atoms with Gasteiger partial charge in [-0.25, -0.2) is 4.79 Å². The average Bonchev–Trinajstić information content (AvgIpc) is 2.34. The fourth-order valence-corrected chi connectivity index (χ4v) is 1.49. The van der Waals surface area contributed by atoms with E-state index in [2.05, 4.69) is 17.1 Å². The Kier molecular flexibility index (Phi) is 5.58. The number of hydrogen-bond acceptors (Lipinski definition) is 3. The number of hydroxylamine groups is 2. The minimum absolute atomic E-state index is 0.0984. The molecule has 0 amide bonds. The molecule has 0 bridgehead atoms. The van der Waals surface area contributed by atoms with Gasteiger partial charge in [0.1, 0.15) is 0 Å². The van der Waals surface area contributed by atoms with Crippen molar-refractivity contribution in [1.82, 2.24) is 5.06 Å². The van der Waals surface area contributed by atoms with Gasteiger partial charge in [-0.3, -0.25) is 0 Å². The van der Waals surface area contributed by atoms with Crippen LogP contribution in [0.25, 0.3) is 0 Å². The number of thiocarbonyl (C=S) groups is 1. The molecule has 0 fully saturated rings. The van der Waals surface area contributed by atoms with E-state index in [1.54, 1.807) is 24.3 Å². The van der Waals surface area contributed by atoms with E-state index in [0.717, 1.165) is 5.56 Å². The monoisotopic (exact) mass is 326 g/mol. The van der Waals surface area contributed by atoms with Crippen LogP contribution < -0.4 is 5.73 Å². The maximum Gasteiger partial charge on any atom is 0.493 e. The molecular formula is C11H10ClF3N2O2S. The Morgan fingerprint density at radius 2 is 1.90 bits per heavy atom. The van der Waals surface area contributed by atoms with Crippen LogP contribution in [0, 0.1) is 0 Å². The quantitative estimate of drug-likeness (QED) is 0.683. The number of nitrogens with two attached hydrogens (primary N) is 1. The van der Waals surface area contributed by atoms with E-state index in [1.165, 1.54) is 0 Å². The Morgan fingerprint density at radius 1 is 1.35 bits per heavy atom. The number of nitrogens with zero attached hydrogens (tertiary/aromatic N) is 1. The molecule has 0 aromatic heterocycles. The molecule has 9 heteroatoms. The molecule has 0 spiro atoms. The predicted octanol–water partition coefficient (Wildman–Crippen LogP) is 2.45. The minimum atomic E-state index is -5.11. The molecule has 0 aliphatic rings. The standard InChI is InChI=1S/C11H10ClF3N2O2S/c12-8-3-1-7(2-4-8)5-6-17(10(16)20)19-9(18)11(13,14)15/h1-4H,5-6H2,(H2,16,20). The lowest BCUT2D eigenvalue weighted by atomic mass is 10.1. The normalized spacial score (nSPS) is 11.0. The topological polar surface area (TPSA) is 55.6 Å². The van der Waals surface area contributed by atoms with Crippen LogP contribution in [0.5, 0.6) is 0 Å². The molecule has 0 unspecified atom stereocenters. The molecule has 0 saturated heterocycles. The SMILES string of the molecule is NC(=S)N(CCc1ccc(Cl)cc1)OC(=O)C(F)(F)F. The maximum atomic E-state index is 12.1. The molecular weight excluding hydrogens is 317 g/mol. The van der Waals surface area contributed by atoms with Gasteiger partial charge in [-0.2, -0.15) is 18.2 Å². The number of rotatable bonds is 3. The third-order valence-electron chi connectivity index (χ3n) is 2.19. The predicted molar refractivity (Wildman–Crippen MR) is 70.8 cm³/mol. The molecule has 2 N–H and O–H groups in total. The summed E-state index contributed by atoms with van der Waals surface area (Å²) in [6.45, 7) is -0.0984. The van der Waals surface area contributed by atoms with Gasteiger partial charge in [0, 0.05) is 5.02 Å². The summed E-state index contributed by atoms with van der Waals surface area (Å²) in [6.07, 6.45) is -4.83. The van der Waals surface area contributed by atoms with Crippen LogP contribution in [-0.4, -0.2) is 28.9 Å². The second-order valence-corrected chi connectivity index (χ2v) is 4.55. The molecule has 1 rings (SSSR count). The second-order valence-electron chi connectivity index (χ2n) is 3.69. The Hall–Kier alpha value is -1.54. The first-order valence-electron chi connectivity index (χ1n) is 5.30. The van der Waals surface area contributed by atoms with Crippen molar-refractivity contribution in [2.45, 2.75) is 12.6 Å². The van der Waals surface area contributed by atoms with Crippen LogP contribution in [0.4, 0.5) is 13.2 Å². The Bertz CT molecular complexity index is 493. The molecule has 1 aromatic carbocycles. The van der Waals surface area contributed by atoms with Crippen LogP contribution in [-0.2, 0) is 16.1 Å². The first-order valence-corrected chi connectivity index (χ1v) is 6.09. The highest BCUT2D eigenvalue weighted by atomic mass is 35.5. The molecule has 0 saturated carbocycles. The number of alkyl halides is 3. The van der Waals surface area contributed by atoms with E-state index < -0.39 is 17.3 Å². The number of carbonyl (C=O) groups is 1. The summed E-state index contributed by atoms with van der Waals surface area (Å²) in [5.74, 6) is -2.37. The lowest BCUT2D eigenvalue weighted by Crippen LogP contribution is -2.42. The summed E-state index contributed by atoms with van der Waals surface area (Å²) in [6, 6.07) is 6.63. The molecule has 0 heterocycles. The van der Waals surface area contributed by atoms with E-state index in [9.17, 15) is 18.0 Å². The van der Waals surface area contributed by atoms with Crippen molar-refractivity contribution in [3.8, 4) is 0 Å². The van der Waals surface area contributed by atoms with Crippen molar-refractivity contribution in [3.05, 3.63) is 34.9 Å². The van der Waals surface area contributed by atoms with Gasteiger partial charge >= 0.3 is 12.1 Å². The van der Waals surface area contributed by atoms with Crippen LogP contribution in [0.15, 0.2) is 24.3 Å². The minimum Gasteiger partial charge on any atom is -0.374 e. The zero-order chi connectivity index (χ0) is 15.3. The third kappa shape index (κ3) is 5.22. The zero-order valence-corrected chi connectivity index (χ0v) is 11.6. The summed E-state index contributed by atoms with van der Waals surface area (Å²) >= 11 is 10.2. The molecule has 0 radical (unpaired) electrons. The van der Waals surface area contributed by atoms with Gasteiger partial charge in [0.15, 0.2) is 5.11 Å². The van der Waals surface area contributed by atoms with Crippen molar-refractivity contribution >= 4 is 34.9 Å².